The van der Waals surface area contributed by atoms with Gasteiger partial charge in [-0.1, -0.05) is 18.2 Å². The van der Waals surface area contributed by atoms with Gasteiger partial charge in [0.05, 0.1) is 23.3 Å². The van der Waals surface area contributed by atoms with Gasteiger partial charge in [-0.2, -0.15) is 8.42 Å². The Hall–Kier alpha value is -1.73. The summed E-state index contributed by atoms with van der Waals surface area (Å²) in [6, 6.07) is 6.15. The highest BCUT2D eigenvalue weighted by atomic mass is 32.2. The Kier molecular flexibility index (Phi) is 4.36. The lowest BCUT2D eigenvalue weighted by Crippen LogP contribution is -2.01. The van der Waals surface area contributed by atoms with Crippen LogP contribution in [0.4, 0.5) is 5.69 Å². The van der Waals surface area contributed by atoms with Crippen molar-refractivity contribution in [2.75, 3.05) is 12.9 Å². The quantitative estimate of drug-likeness (QED) is 0.454. The van der Waals surface area contributed by atoms with Gasteiger partial charge in [0.1, 0.15) is 0 Å². The Morgan fingerprint density at radius 1 is 1.41 bits per heavy atom. The molecule has 0 heterocycles. The molecule has 1 aromatic carbocycles. The molecule has 1 rings (SSSR count). The van der Waals surface area contributed by atoms with Crippen LogP contribution >= 0.6 is 0 Å². The Balaban J connectivity index is 2.75. The molecule has 0 amide bonds. The van der Waals surface area contributed by atoms with Crippen LogP contribution in [0.1, 0.15) is 5.56 Å². The average molecular weight is 257 g/mol. The van der Waals surface area contributed by atoms with Gasteiger partial charge in [-0.05, 0) is 12.1 Å². The molecule has 17 heavy (non-hydrogen) atoms. The number of hydrogen-bond acceptors (Lipinski definition) is 5. The Morgan fingerprint density at radius 3 is 2.65 bits per heavy atom. The van der Waals surface area contributed by atoms with E-state index >= 15 is 0 Å². The smallest absolute Gasteiger partial charge is 0.266 e. The van der Waals surface area contributed by atoms with Crippen LogP contribution in [0.15, 0.2) is 30.3 Å². The number of nitrogens with zero attached hydrogens (tertiary/aromatic N) is 1. The van der Waals surface area contributed by atoms with Crippen LogP contribution in [0.3, 0.4) is 0 Å². The van der Waals surface area contributed by atoms with Crippen molar-refractivity contribution >= 4 is 21.9 Å². The highest BCUT2D eigenvalue weighted by molar-refractivity contribution is 7.85. The van der Waals surface area contributed by atoms with Crippen LogP contribution in [0.25, 0.3) is 6.08 Å². The molecule has 0 N–H and O–H groups in total. The van der Waals surface area contributed by atoms with E-state index in [-0.39, 0.29) is 12.3 Å². The number of para-hydroxylation sites is 1. The summed E-state index contributed by atoms with van der Waals surface area (Å²) in [6.45, 7) is -0.148. The SMILES string of the molecule is CS(=O)(=O)OC/C=C/c1ccccc1[N+](=O)[O-]. The highest BCUT2D eigenvalue weighted by Crippen LogP contribution is 2.18. The van der Waals surface area contributed by atoms with E-state index in [0.29, 0.717) is 5.56 Å². The van der Waals surface area contributed by atoms with Gasteiger partial charge < -0.3 is 0 Å². The summed E-state index contributed by atoms with van der Waals surface area (Å²) >= 11 is 0. The predicted octanol–water partition coefficient (Wildman–Crippen LogP) is 1.58. The third kappa shape index (κ3) is 4.75. The van der Waals surface area contributed by atoms with Crippen molar-refractivity contribution in [3.63, 3.8) is 0 Å². The van der Waals surface area contributed by atoms with Crippen LogP contribution in [-0.4, -0.2) is 26.2 Å². The summed E-state index contributed by atoms with van der Waals surface area (Å²) in [5, 5.41) is 10.7. The largest absolute Gasteiger partial charge is 0.276 e. The van der Waals surface area contributed by atoms with E-state index in [4.69, 9.17) is 0 Å². The van der Waals surface area contributed by atoms with Crippen molar-refractivity contribution < 1.29 is 17.5 Å². The second-order valence-electron chi connectivity index (χ2n) is 3.21. The second-order valence-corrected chi connectivity index (χ2v) is 4.85. The lowest BCUT2D eigenvalue weighted by atomic mass is 10.1. The lowest BCUT2D eigenvalue weighted by molar-refractivity contribution is -0.385. The molecule has 0 aliphatic carbocycles. The summed E-state index contributed by atoms with van der Waals surface area (Å²) in [5.41, 5.74) is 0.359. The minimum Gasteiger partial charge on any atom is -0.266 e. The molecule has 92 valence electrons. The molecular formula is C10H11NO5S. The molecule has 0 fully saturated rings. The van der Waals surface area contributed by atoms with Crippen molar-refractivity contribution in [1.29, 1.82) is 0 Å². The summed E-state index contributed by atoms with van der Waals surface area (Å²) in [5.74, 6) is 0. The molecule has 0 aromatic heterocycles. The fourth-order valence-corrected chi connectivity index (χ4v) is 1.46. The predicted molar refractivity (Wildman–Crippen MR) is 62.9 cm³/mol. The zero-order valence-electron chi connectivity index (χ0n) is 9.07. The normalized spacial score (nSPS) is 11.8. The first-order valence-electron chi connectivity index (χ1n) is 4.64. The fourth-order valence-electron chi connectivity index (χ4n) is 1.13. The van der Waals surface area contributed by atoms with Gasteiger partial charge in [0, 0.05) is 6.07 Å². The summed E-state index contributed by atoms with van der Waals surface area (Å²) in [4.78, 5) is 10.2. The van der Waals surface area contributed by atoms with Gasteiger partial charge in [-0.3, -0.25) is 14.3 Å². The number of hydrogen-bond donors (Lipinski definition) is 0. The Labute approximate surface area is 98.8 Å². The first kappa shape index (κ1) is 13.3. The Bertz CT molecular complexity index is 535. The number of nitro benzene ring substituents is 1. The highest BCUT2D eigenvalue weighted by Gasteiger charge is 2.08. The van der Waals surface area contributed by atoms with Crippen LogP contribution in [0, 0.1) is 10.1 Å². The zero-order chi connectivity index (χ0) is 12.9. The zero-order valence-corrected chi connectivity index (χ0v) is 9.88. The van der Waals surface area contributed by atoms with E-state index in [2.05, 4.69) is 4.18 Å². The van der Waals surface area contributed by atoms with Crippen LogP contribution in [0.2, 0.25) is 0 Å². The van der Waals surface area contributed by atoms with Gasteiger partial charge >= 0.3 is 0 Å². The van der Waals surface area contributed by atoms with Gasteiger partial charge in [0.25, 0.3) is 15.8 Å². The maximum absolute atomic E-state index is 10.7. The van der Waals surface area contributed by atoms with Gasteiger partial charge in [-0.25, -0.2) is 0 Å². The van der Waals surface area contributed by atoms with E-state index in [1.165, 1.54) is 18.2 Å². The van der Waals surface area contributed by atoms with E-state index < -0.39 is 15.0 Å². The number of rotatable bonds is 5. The average Bonchev–Trinajstić information content (AvgIpc) is 2.23. The third-order valence-corrected chi connectivity index (χ3v) is 2.37. The van der Waals surface area contributed by atoms with Crippen LogP contribution in [0.5, 0.6) is 0 Å². The maximum atomic E-state index is 10.7. The number of benzene rings is 1. The van der Waals surface area contributed by atoms with E-state index in [1.807, 2.05) is 0 Å². The molecule has 7 heteroatoms. The molecule has 0 bridgehead atoms. The third-order valence-electron chi connectivity index (χ3n) is 1.81. The molecule has 0 saturated heterocycles. The van der Waals surface area contributed by atoms with Crippen molar-refractivity contribution in [1.82, 2.24) is 0 Å². The van der Waals surface area contributed by atoms with E-state index in [0.717, 1.165) is 6.26 Å². The molecule has 0 atom stereocenters. The first-order valence-corrected chi connectivity index (χ1v) is 6.46. The summed E-state index contributed by atoms with van der Waals surface area (Å²) < 4.78 is 25.8. The summed E-state index contributed by atoms with van der Waals surface area (Å²) in [6.07, 6.45) is 3.79. The first-order chi connectivity index (χ1) is 7.90. The molecule has 1 aromatic rings. The van der Waals surface area contributed by atoms with Crippen molar-refractivity contribution in [3.8, 4) is 0 Å². The topological polar surface area (TPSA) is 86.5 Å². The molecular weight excluding hydrogens is 246 g/mol. The lowest BCUT2D eigenvalue weighted by Gasteiger charge is -1.97. The van der Waals surface area contributed by atoms with Crippen LogP contribution in [-0.2, 0) is 14.3 Å². The maximum Gasteiger partial charge on any atom is 0.276 e. The van der Waals surface area contributed by atoms with E-state index in [1.54, 1.807) is 18.2 Å². The minimum absolute atomic E-state index is 0.0388. The molecule has 6 nitrogen and oxygen atoms in total. The van der Waals surface area contributed by atoms with Gasteiger partial charge in [-0.15, -0.1) is 0 Å². The molecule has 0 saturated carbocycles. The Morgan fingerprint density at radius 2 is 2.06 bits per heavy atom. The van der Waals surface area contributed by atoms with E-state index in [9.17, 15) is 18.5 Å². The number of nitro groups is 1. The molecule has 0 unspecified atom stereocenters. The molecule has 0 aliphatic heterocycles. The second kappa shape index (κ2) is 5.55. The molecule has 0 radical (unpaired) electrons. The van der Waals surface area contributed by atoms with Crippen molar-refractivity contribution in [2.45, 2.75) is 0 Å². The standard InChI is InChI=1S/C10H11NO5S/c1-17(14,15)16-8-4-6-9-5-2-3-7-10(9)11(12)13/h2-7H,8H2,1H3/b6-4+. The molecule has 0 spiro atoms. The van der Waals surface area contributed by atoms with Crippen molar-refractivity contribution in [2.24, 2.45) is 0 Å². The summed E-state index contributed by atoms with van der Waals surface area (Å²) in [7, 11) is -3.49. The monoisotopic (exact) mass is 257 g/mol. The molecule has 0 aliphatic rings. The minimum atomic E-state index is -3.49. The fraction of sp³-hybridized carbons (Fsp3) is 0.200. The van der Waals surface area contributed by atoms with Gasteiger partial charge in [0.2, 0.25) is 0 Å². The van der Waals surface area contributed by atoms with Gasteiger partial charge in [0.15, 0.2) is 0 Å². The van der Waals surface area contributed by atoms with Crippen molar-refractivity contribution in [3.05, 3.63) is 46.0 Å². The van der Waals surface area contributed by atoms with Crippen LogP contribution < -0.4 is 0 Å².